The summed E-state index contributed by atoms with van der Waals surface area (Å²) in [6.45, 7) is 8.93. The van der Waals surface area contributed by atoms with Crippen molar-refractivity contribution in [1.29, 1.82) is 0 Å². The molecule has 4 heterocycles. The van der Waals surface area contributed by atoms with Gasteiger partial charge in [-0.05, 0) is 45.1 Å². The van der Waals surface area contributed by atoms with Gasteiger partial charge in [-0.2, -0.15) is 0 Å². The molecule has 0 aliphatic carbocycles. The lowest BCUT2D eigenvalue weighted by Gasteiger charge is -2.17. The highest BCUT2D eigenvalue weighted by Crippen LogP contribution is 2.23. The molecule has 1 fully saturated rings. The average Bonchev–Trinajstić information content (AvgIpc) is 3.35. The standard InChI is InChI=1S/C18H27N7O/c1-14(2)25-12-16(19-22-25)15-6-5-8-23(11-7-15)13-17-20-21-18(26-17)24-9-3-4-10-24/h6,12,14H,3-5,7-11,13H2,1-2H3. The fraction of sp³-hybridized carbons (Fsp3) is 0.667. The largest absolute Gasteiger partial charge is 0.407 e. The van der Waals surface area contributed by atoms with Crippen LogP contribution in [0.1, 0.15) is 57.2 Å². The molecule has 140 valence electrons. The fourth-order valence-electron chi connectivity index (χ4n) is 3.52. The highest BCUT2D eigenvalue weighted by Gasteiger charge is 2.20. The average molecular weight is 357 g/mol. The van der Waals surface area contributed by atoms with E-state index in [0.29, 0.717) is 24.5 Å². The summed E-state index contributed by atoms with van der Waals surface area (Å²) in [6, 6.07) is 1.01. The molecule has 0 unspecified atom stereocenters. The molecule has 8 heteroatoms. The second kappa shape index (κ2) is 7.57. The van der Waals surface area contributed by atoms with Crippen molar-refractivity contribution in [2.75, 3.05) is 31.1 Å². The summed E-state index contributed by atoms with van der Waals surface area (Å²) >= 11 is 0. The van der Waals surface area contributed by atoms with Crippen molar-refractivity contribution < 1.29 is 4.42 Å². The number of hydrogen-bond donors (Lipinski definition) is 0. The molecule has 2 aromatic heterocycles. The van der Waals surface area contributed by atoms with E-state index in [2.05, 4.69) is 50.2 Å². The van der Waals surface area contributed by atoms with E-state index in [1.165, 1.54) is 18.4 Å². The Morgan fingerprint density at radius 3 is 2.69 bits per heavy atom. The molecule has 0 bridgehead atoms. The first-order chi connectivity index (χ1) is 12.7. The fourth-order valence-corrected chi connectivity index (χ4v) is 3.52. The Balaban J connectivity index is 1.34. The summed E-state index contributed by atoms with van der Waals surface area (Å²) in [5.74, 6) is 0.709. The molecule has 0 N–H and O–H groups in total. The monoisotopic (exact) mass is 357 g/mol. The lowest BCUT2D eigenvalue weighted by molar-refractivity contribution is 0.252. The van der Waals surface area contributed by atoms with E-state index in [9.17, 15) is 0 Å². The molecule has 0 amide bonds. The van der Waals surface area contributed by atoms with Gasteiger partial charge in [0.2, 0.25) is 5.89 Å². The zero-order valence-electron chi connectivity index (χ0n) is 15.6. The molecule has 0 saturated carbocycles. The molecule has 1 saturated heterocycles. The van der Waals surface area contributed by atoms with Gasteiger partial charge in [0.1, 0.15) is 5.69 Å². The molecule has 8 nitrogen and oxygen atoms in total. The Kier molecular flexibility index (Phi) is 5.01. The molecular formula is C18H27N7O. The molecule has 2 aliphatic heterocycles. The highest BCUT2D eigenvalue weighted by molar-refractivity contribution is 5.62. The summed E-state index contributed by atoms with van der Waals surface area (Å²) in [7, 11) is 0. The van der Waals surface area contributed by atoms with Crippen LogP contribution >= 0.6 is 0 Å². The van der Waals surface area contributed by atoms with Crippen LogP contribution in [0, 0.1) is 0 Å². The van der Waals surface area contributed by atoms with Crippen LogP contribution in [0.2, 0.25) is 0 Å². The topological polar surface area (TPSA) is 76.1 Å². The van der Waals surface area contributed by atoms with Gasteiger partial charge in [-0.15, -0.1) is 10.2 Å². The molecule has 26 heavy (non-hydrogen) atoms. The number of anilines is 1. The van der Waals surface area contributed by atoms with Gasteiger partial charge in [-0.1, -0.05) is 16.4 Å². The molecule has 0 aromatic carbocycles. The van der Waals surface area contributed by atoms with E-state index in [-0.39, 0.29) is 0 Å². The van der Waals surface area contributed by atoms with Crippen molar-refractivity contribution >= 4 is 11.6 Å². The maximum absolute atomic E-state index is 5.87. The van der Waals surface area contributed by atoms with Gasteiger partial charge in [-0.3, -0.25) is 4.90 Å². The first-order valence-corrected chi connectivity index (χ1v) is 9.60. The van der Waals surface area contributed by atoms with E-state index >= 15 is 0 Å². The lowest BCUT2D eigenvalue weighted by atomic mass is 10.1. The highest BCUT2D eigenvalue weighted by atomic mass is 16.4. The van der Waals surface area contributed by atoms with Crippen LogP contribution in [0.25, 0.3) is 5.57 Å². The Hall–Kier alpha value is -2.22. The van der Waals surface area contributed by atoms with Crippen LogP contribution in [-0.4, -0.2) is 56.3 Å². The number of aromatic nitrogens is 5. The third-order valence-corrected chi connectivity index (χ3v) is 5.09. The van der Waals surface area contributed by atoms with Gasteiger partial charge >= 0.3 is 6.01 Å². The molecular weight excluding hydrogens is 330 g/mol. The second-order valence-corrected chi connectivity index (χ2v) is 7.39. The van der Waals surface area contributed by atoms with Crippen LogP contribution in [0.4, 0.5) is 6.01 Å². The Bertz CT molecular complexity index is 757. The van der Waals surface area contributed by atoms with E-state index < -0.39 is 0 Å². The van der Waals surface area contributed by atoms with Gasteiger partial charge in [0.25, 0.3) is 0 Å². The quantitative estimate of drug-likeness (QED) is 0.814. The van der Waals surface area contributed by atoms with Gasteiger partial charge in [0, 0.05) is 32.2 Å². The van der Waals surface area contributed by atoms with E-state index in [1.807, 2.05) is 10.9 Å². The lowest BCUT2D eigenvalue weighted by Crippen LogP contribution is -2.24. The summed E-state index contributed by atoms with van der Waals surface area (Å²) in [4.78, 5) is 4.55. The molecule has 0 radical (unpaired) electrons. The zero-order valence-corrected chi connectivity index (χ0v) is 15.6. The maximum Gasteiger partial charge on any atom is 0.318 e. The van der Waals surface area contributed by atoms with Crippen LogP contribution in [0.3, 0.4) is 0 Å². The Morgan fingerprint density at radius 2 is 1.92 bits per heavy atom. The van der Waals surface area contributed by atoms with Crippen molar-refractivity contribution in [3.05, 3.63) is 23.9 Å². The normalized spacial score (nSPS) is 19.2. The molecule has 0 spiro atoms. The Morgan fingerprint density at radius 1 is 1.08 bits per heavy atom. The first-order valence-electron chi connectivity index (χ1n) is 9.60. The second-order valence-electron chi connectivity index (χ2n) is 7.39. The summed E-state index contributed by atoms with van der Waals surface area (Å²) < 4.78 is 7.79. The minimum Gasteiger partial charge on any atom is -0.407 e. The van der Waals surface area contributed by atoms with E-state index in [1.54, 1.807) is 0 Å². The smallest absolute Gasteiger partial charge is 0.318 e. The van der Waals surface area contributed by atoms with E-state index in [0.717, 1.165) is 44.7 Å². The minimum atomic E-state index is 0.335. The van der Waals surface area contributed by atoms with Crippen molar-refractivity contribution in [1.82, 2.24) is 30.1 Å². The van der Waals surface area contributed by atoms with Crippen LogP contribution in [-0.2, 0) is 6.54 Å². The third kappa shape index (κ3) is 3.80. The van der Waals surface area contributed by atoms with Crippen molar-refractivity contribution in [2.24, 2.45) is 0 Å². The van der Waals surface area contributed by atoms with Gasteiger partial charge in [-0.25, -0.2) is 4.68 Å². The van der Waals surface area contributed by atoms with Crippen molar-refractivity contribution in [3.63, 3.8) is 0 Å². The van der Waals surface area contributed by atoms with Crippen LogP contribution < -0.4 is 4.90 Å². The van der Waals surface area contributed by atoms with Gasteiger partial charge < -0.3 is 9.32 Å². The van der Waals surface area contributed by atoms with Crippen LogP contribution in [0.5, 0.6) is 0 Å². The van der Waals surface area contributed by atoms with Gasteiger partial charge in [0.05, 0.1) is 12.7 Å². The predicted octanol–water partition coefficient (Wildman–Crippen LogP) is 2.52. The van der Waals surface area contributed by atoms with Crippen molar-refractivity contribution in [2.45, 2.75) is 52.1 Å². The number of nitrogens with zero attached hydrogens (tertiary/aromatic N) is 7. The third-order valence-electron chi connectivity index (χ3n) is 5.09. The predicted molar refractivity (Wildman–Crippen MR) is 98.6 cm³/mol. The zero-order chi connectivity index (χ0) is 17.9. The Labute approximate surface area is 153 Å². The molecule has 2 aromatic rings. The summed E-state index contributed by atoms with van der Waals surface area (Å²) in [5, 5.41) is 17.0. The molecule has 0 atom stereocenters. The van der Waals surface area contributed by atoms with E-state index in [4.69, 9.17) is 4.42 Å². The SMILES string of the molecule is CC(C)n1cc(C2=CCCN(Cc3nnc(N4CCCC4)o3)CC2)nn1. The minimum absolute atomic E-state index is 0.335. The molecule has 4 rings (SSSR count). The summed E-state index contributed by atoms with van der Waals surface area (Å²) in [6.07, 6.45) is 8.71. The van der Waals surface area contributed by atoms with Crippen LogP contribution in [0.15, 0.2) is 16.7 Å². The summed E-state index contributed by atoms with van der Waals surface area (Å²) in [5.41, 5.74) is 2.28. The first kappa shape index (κ1) is 17.2. The van der Waals surface area contributed by atoms with Crippen molar-refractivity contribution in [3.8, 4) is 0 Å². The number of rotatable bonds is 5. The molecule has 2 aliphatic rings. The van der Waals surface area contributed by atoms with Gasteiger partial charge in [0.15, 0.2) is 0 Å². The maximum atomic E-state index is 5.87. The number of hydrogen-bond acceptors (Lipinski definition) is 7.